The molecule has 1 fully saturated rings. The van der Waals surface area contributed by atoms with Gasteiger partial charge in [-0.05, 0) is 27.2 Å². The van der Waals surface area contributed by atoms with E-state index < -0.39 is 11.7 Å². The van der Waals surface area contributed by atoms with Crippen molar-refractivity contribution in [3.63, 3.8) is 0 Å². The molecule has 0 saturated carbocycles. The van der Waals surface area contributed by atoms with Crippen LogP contribution in [0.3, 0.4) is 0 Å². The van der Waals surface area contributed by atoms with Crippen LogP contribution < -0.4 is 0 Å². The molecule has 4 heteroatoms. The van der Waals surface area contributed by atoms with E-state index >= 15 is 0 Å². The summed E-state index contributed by atoms with van der Waals surface area (Å²) in [6, 6.07) is 0.102. The van der Waals surface area contributed by atoms with Crippen molar-refractivity contribution in [3.8, 4) is 0 Å². The van der Waals surface area contributed by atoms with Gasteiger partial charge >= 0.3 is 6.09 Å². The fraction of sp³-hybridized carbons (Fsp3) is 0.923. The lowest BCUT2D eigenvalue weighted by molar-refractivity contribution is 0.0195. The fourth-order valence-electron chi connectivity index (χ4n) is 2.29. The van der Waals surface area contributed by atoms with Crippen LogP contribution in [0.15, 0.2) is 0 Å². The second-order valence-corrected chi connectivity index (χ2v) is 5.92. The number of carbonyl (C=O) groups is 1. The van der Waals surface area contributed by atoms with E-state index in [1.807, 2.05) is 27.7 Å². The number of rotatable bonds is 2. The number of ether oxygens (including phenoxy) is 1. The minimum Gasteiger partial charge on any atom is -0.444 e. The van der Waals surface area contributed by atoms with Gasteiger partial charge in [0.25, 0.3) is 0 Å². The first-order valence-electron chi connectivity index (χ1n) is 6.44. The summed E-state index contributed by atoms with van der Waals surface area (Å²) in [6.07, 6.45) is 1.18. The summed E-state index contributed by atoms with van der Waals surface area (Å²) >= 11 is 0. The van der Waals surface area contributed by atoms with E-state index in [4.69, 9.17) is 4.74 Å². The molecule has 0 aromatic rings. The van der Waals surface area contributed by atoms with E-state index in [0.29, 0.717) is 6.54 Å². The first-order chi connectivity index (χ1) is 7.76. The minimum absolute atomic E-state index is 0.102. The molecule has 1 aliphatic heterocycles. The highest BCUT2D eigenvalue weighted by Gasteiger charge is 2.41. The summed E-state index contributed by atoms with van der Waals surface area (Å²) < 4.78 is 5.37. The number of aliphatic hydroxyl groups excluding tert-OH is 1. The molecular weight excluding hydrogens is 218 g/mol. The molecule has 0 bridgehead atoms. The molecule has 3 unspecified atom stereocenters. The SMILES string of the molecule is CCCC1C(C)C(O)CN1C(=O)OC(C)(C)C. The van der Waals surface area contributed by atoms with Crippen molar-refractivity contribution in [2.24, 2.45) is 5.92 Å². The molecule has 1 aliphatic rings. The summed E-state index contributed by atoms with van der Waals surface area (Å²) in [4.78, 5) is 13.7. The Bertz CT molecular complexity index is 272. The molecule has 100 valence electrons. The Balaban J connectivity index is 2.71. The predicted octanol–water partition coefficient (Wildman–Crippen LogP) is 2.40. The molecule has 0 radical (unpaired) electrons. The van der Waals surface area contributed by atoms with Gasteiger partial charge in [-0.15, -0.1) is 0 Å². The lowest BCUT2D eigenvalue weighted by Crippen LogP contribution is -2.41. The number of amides is 1. The fourth-order valence-corrected chi connectivity index (χ4v) is 2.29. The smallest absolute Gasteiger partial charge is 0.410 e. The maximum Gasteiger partial charge on any atom is 0.410 e. The maximum atomic E-state index is 12.0. The number of β-amino-alcohol motifs (C(OH)–C–C–N with tert-alkyl or cyclic N) is 1. The van der Waals surface area contributed by atoms with Gasteiger partial charge in [0.2, 0.25) is 0 Å². The van der Waals surface area contributed by atoms with E-state index in [-0.39, 0.29) is 18.1 Å². The number of nitrogens with zero attached hydrogens (tertiary/aromatic N) is 1. The van der Waals surface area contributed by atoms with Crippen molar-refractivity contribution in [2.75, 3.05) is 6.54 Å². The van der Waals surface area contributed by atoms with Crippen LogP contribution in [0.2, 0.25) is 0 Å². The third kappa shape index (κ3) is 3.60. The Kier molecular flexibility index (Phi) is 4.42. The first kappa shape index (κ1) is 14.3. The van der Waals surface area contributed by atoms with E-state index in [9.17, 15) is 9.90 Å². The van der Waals surface area contributed by atoms with E-state index in [2.05, 4.69) is 6.92 Å². The zero-order chi connectivity index (χ0) is 13.2. The Labute approximate surface area is 104 Å². The first-order valence-corrected chi connectivity index (χ1v) is 6.44. The molecular formula is C13H25NO3. The van der Waals surface area contributed by atoms with Gasteiger partial charge in [0.05, 0.1) is 12.6 Å². The average molecular weight is 243 g/mol. The van der Waals surface area contributed by atoms with Gasteiger partial charge in [-0.2, -0.15) is 0 Å². The number of carbonyl (C=O) groups excluding carboxylic acids is 1. The number of hydrogen-bond donors (Lipinski definition) is 1. The van der Waals surface area contributed by atoms with Crippen molar-refractivity contribution in [2.45, 2.75) is 65.2 Å². The molecule has 1 saturated heterocycles. The molecule has 0 aromatic carbocycles. The number of hydrogen-bond acceptors (Lipinski definition) is 3. The monoisotopic (exact) mass is 243 g/mol. The number of aliphatic hydroxyl groups is 1. The summed E-state index contributed by atoms with van der Waals surface area (Å²) in [5.74, 6) is 0.127. The van der Waals surface area contributed by atoms with Crippen molar-refractivity contribution in [1.29, 1.82) is 0 Å². The minimum atomic E-state index is -0.482. The molecule has 0 spiro atoms. The van der Waals surface area contributed by atoms with E-state index in [1.54, 1.807) is 4.90 Å². The summed E-state index contributed by atoms with van der Waals surface area (Å²) in [5, 5.41) is 9.86. The molecule has 0 aliphatic carbocycles. The van der Waals surface area contributed by atoms with Gasteiger partial charge in [-0.3, -0.25) is 0 Å². The van der Waals surface area contributed by atoms with Crippen molar-refractivity contribution >= 4 is 6.09 Å². The van der Waals surface area contributed by atoms with Crippen LogP contribution in [0.1, 0.15) is 47.5 Å². The van der Waals surface area contributed by atoms with E-state index in [1.165, 1.54) is 0 Å². The molecule has 3 atom stereocenters. The van der Waals surface area contributed by atoms with E-state index in [0.717, 1.165) is 12.8 Å². The molecule has 4 nitrogen and oxygen atoms in total. The standard InChI is InChI=1S/C13H25NO3/c1-6-7-10-9(2)11(15)8-14(10)12(16)17-13(3,4)5/h9-11,15H,6-8H2,1-5H3. The Morgan fingerprint density at radius 2 is 2.06 bits per heavy atom. The summed E-state index contributed by atoms with van der Waals surface area (Å²) in [6.45, 7) is 10.0. The van der Waals surface area contributed by atoms with Gasteiger partial charge in [0.15, 0.2) is 0 Å². The third-order valence-electron chi connectivity index (χ3n) is 3.21. The topological polar surface area (TPSA) is 49.8 Å². The molecule has 1 heterocycles. The van der Waals surface area contributed by atoms with Crippen LogP contribution in [0, 0.1) is 5.92 Å². The average Bonchev–Trinajstić information content (AvgIpc) is 2.44. The van der Waals surface area contributed by atoms with Gasteiger partial charge in [0, 0.05) is 12.0 Å². The Hall–Kier alpha value is -0.770. The third-order valence-corrected chi connectivity index (χ3v) is 3.21. The van der Waals surface area contributed by atoms with Crippen LogP contribution in [0.5, 0.6) is 0 Å². The van der Waals surface area contributed by atoms with Crippen molar-refractivity contribution in [3.05, 3.63) is 0 Å². The molecule has 1 N–H and O–H groups in total. The second kappa shape index (κ2) is 5.25. The zero-order valence-corrected chi connectivity index (χ0v) is 11.6. The Morgan fingerprint density at radius 1 is 1.47 bits per heavy atom. The molecule has 0 aromatic heterocycles. The Morgan fingerprint density at radius 3 is 2.53 bits per heavy atom. The number of likely N-dealkylation sites (tertiary alicyclic amines) is 1. The highest BCUT2D eigenvalue weighted by atomic mass is 16.6. The highest BCUT2D eigenvalue weighted by molar-refractivity contribution is 5.69. The normalized spacial score (nSPS) is 29.5. The van der Waals surface area contributed by atoms with Crippen molar-refractivity contribution in [1.82, 2.24) is 4.90 Å². The zero-order valence-electron chi connectivity index (χ0n) is 11.6. The van der Waals surface area contributed by atoms with Gasteiger partial charge in [-0.1, -0.05) is 20.3 Å². The van der Waals surface area contributed by atoms with Crippen LogP contribution in [0.4, 0.5) is 4.79 Å². The van der Waals surface area contributed by atoms with Crippen LogP contribution in [0.25, 0.3) is 0 Å². The maximum absolute atomic E-state index is 12.0. The van der Waals surface area contributed by atoms with Gasteiger partial charge in [0.1, 0.15) is 5.60 Å². The summed E-state index contributed by atoms with van der Waals surface area (Å²) in [7, 11) is 0. The van der Waals surface area contributed by atoms with Gasteiger partial charge in [-0.25, -0.2) is 4.79 Å². The van der Waals surface area contributed by atoms with Crippen LogP contribution >= 0.6 is 0 Å². The highest BCUT2D eigenvalue weighted by Crippen LogP contribution is 2.29. The predicted molar refractivity (Wildman–Crippen MR) is 66.8 cm³/mol. The largest absolute Gasteiger partial charge is 0.444 e. The van der Waals surface area contributed by atoms with Crippen LogP contribution in [-0.2, 0) is 4.74 Å². The quantitative estimate of drug-likeness (QED) is 0.810. The van der Waals surface area contributed by atoms with Crippen LogP contribution in [-0.4, -0.2) is 40.4 Å². The van der Waals surface area contributed by atoms with Crippen molar-refractivity contribution < 1.29 is 14.6 Å². The second-order valence-electron chi connectivity index (χ2n) is 5.92. The lowest BCUT2D eigenvalue weighted by Gasteiger charge is -2.29. The van der Waals surface area contributed by atoms with Gasteiger partial charge < -0.3 is 14.7 Å². The molecule has 17 heavy (non-hydrogen) atoms. The lowest BCUT2D eigenvalue weighted by atomic mass is 9.97. The molecule has 1 rings (SSSR count). The molecule has 1 amide bonds. The summed E-state index contributed by atoms with van der Waals surface area (Å²) in [5.41, 5.74) is -0.482.